The molecule has 2 N–H and O–H groups in total. The topological polar surface area (TPSA) is 105 Å². The van der Waals surface area contributed by atoms with Gasteiger partial charge in [0.1, 0.15) is 5.75 Å². The number of hydrogen-bond donors (Lipinski definition) is 2. The van der Waals surface area contributed by atoms with Crippen LogP contribution in [-0.2, 0) is 19.6 Å². The molecule has 0 bridgehead atoms. The average molecular weight is 452 g/mol. The van der Waals surface area contributed by atoms with Crippen LogP contribution in [0.3, 0.4) is 0 Å². The molecule has 172 valence electrons. The summed E-state index contributed by atoms with van der Waals surface area (Å²) in [6.45, 7) is 3.83. The minimum Gasteiger partial charge on any atom is -0.494 e. The third-order valence-electron chi connectivity index (χ3n) is 6.05. The standard InChI is InChI=1S/C22H33N3O5S/c1-2-30-19-7-9-20(10-8-19)31(28,29)25-15-11-18(12-16-25)22(27)24-14-13-23-21(26)17-5-3-4-6-17/h7-10,17-18H,2-6,11-16H2,1H3,(H,23,26)(H,24,27). The Balaban J connectivity index is 1.40. The molecule has 9 heteroatoms. The first-order chi connectivity index (χ1) is 14.9. The van der Waals surface area contributed by atoms with E-state index in [9.17, 15) is 18.0 Å². The van der Waals surface area contributed by atoms with E-state index in [1.54, 1.807) is 24.3 Å². The summed E-state index contributed by atoms with van der Waals surface area (Å²) in [6.07, 6.45) is 5.10. The first-order valence-electron chi connectivity index (χ1n) is 11.2. The third-order valence-corrected chi connectivity index (χ3v) is 7.96. The molecule has 1 aliphatic heterocycles. The van der Waals surface area contributed by atoms with Crippen molar-refractivity contribution in [1.29, 1.82) is 0 Å². The normalized spacial score (nSPS) is 18.6. The number of carbonyl (C=O) groups excluding carboxylic acids is 2. The first-order valence-corrected chi connectivity index (χ1v) is 12.6. The van der Waals surface area contributed by atoms with Crippen molar-refractivity contribution in [2.24, 2.45) is 11.8 Å². The van der Waals surface area contributed by atoms with Crippen LogP contribution in [0.2, 0.25) is 0 Å². The zero-order chi connectivity index (χ0) is 22.3. The van der Waals surface area contributed by atoms with Gasteiger partial charge < -0.3 is 15.4 Å². The molecule has 1 aromatic rings. The lowest BCUT2D eigenvalue weighted by atomic mass is 9.97. The van der Waals surface area contributed by atoms with Crippen LogP contribution < -0.4 is 15.4 Å². The van der Waals surface area contributed by atoms with Gasteiger partial charge in [0, 0.05) is 38.0 Å². The van der Waals surface area contributed by atoms with Gasteiger partial charge in [-0.3, -0.25) is 9.59 Å². The second kappa shape index (κ2) is 10.9. The molecule has 0 radical (unpaired) electrons. The number of carbonyl (C=O) groups is 2. The number of benzene rings is 1. The van der Waals surface area contributed by atoms with Crippen LogP contribution in [0, 0.1) is 11.8 Å². The highest BCUT2D eigenvalue weighted by atomic mass is 32.2. The van der Waals surface area contributed by atoms with Crippen molar-refractivity contribution < 1.29 is 22.7 Å². The van der Waals surface area contributed by atoms with Crippen molar-refractivity contribution in [3.63, 3.8) is 0 Å². The van der Waals surface area contributed by atoms with Crippen molar-refractivity contribution in [2.45, 2.75) is 50.3 Å². The van der Waals surface area contributed by atoms with E-state index in [2.05, 4.69) is 10.6 Å². The summed E-state index contributed by atoms with van der Waals surface area (Å²) in [5.41, 5.74) is 0. The Morgan fingerprint density at radius 3 is 1.97 bits per heavy atom. The van der Waals surface area contributed by atoms with E-state index < -0.39 is 10.0 Å². The van der Waals surface area contributed by atoms with Crippen molar-refractivity contribution in [3.8, 4) is 5.75 Å². The molecule has 8 nitrogen and oxygen atoms in total. The second-order valence-corrected chi connectivity index (χ2v) is 10.1. The second-order valence-electron chi connectivity index (χ2n) is 8.15. The van der Waals surface area contributed by atoms with Gasteiger partial charge in [0.25, 0.3) is 0 Å². The highest BCUT2D eigenvalue weighted by Gasteiger charge is 2.32. The molecule has 1 aliphatic carbocycles. The van der Waals surface area contributed by atoms with Crippen molar-refractivity contribution >= 4 is 21.8 Å². The molecule has 31 heavy (non-hydrogen) atoms. The van der Waals surface area contributed by atoms with Crippen LogP contribution in [0.1, 0.15) is 45.4 Å². The zero-order valence-electron chi connectivity index (χ0n) is 18.1. The number of nitrogens with one attached hydrogen (secondary N) is 2. The molecule has 0 spiro atoms. The third kappa shape index (κ3) is 6.20. The fraction of sp³-hybridized carbons (Fsp3) is 0.636. The maximum Gasteiger partial charge on any atom is 0.243 e. The number of ether oxygens (including phenoxy) is 1. The van der Waals surface area contributed by atoms with E-state index in [-0.39, 0.29) is 28.5 Å². The molecular weight excluding hydrogens is 418 g/mol. The Bertz CT molecular complexity index is 842. The maximum atomic E-state index is 12.9. The smallest absolute Gasteiger partial charge is 0.243 e. The fourth-order valence-electron chi connectivity index (χ4n) is 4.23. The molecule has 1 saturated heterocycles. The van der Waals surface area contributed by atoms with Gasteiger partial charge in [-0.25, -0.2) is 8.42 Å². The molecule has 0 atom stereocenters. The molecular formula is C22H33N3O5S. The highest BCUT2D eigenvalue weighted by molar-refractivity contribution is 7.89. The van der Waals surface area contributed by atoms with Crippen LogP contribution >= 0.6 is 0 Å². The molecule has 2 amide bonds. The lowest BCUT2D eigenvalue weighted by Gasteiger charge is -2.30. The molecule has 1 saturated carbocycles. The fourth-order valence-corrected chi connectivity index (χ4v) is 5.70. The van der Waals surface area contributed by atoms with E-state index >= 15 is 0 Å². The van der Waals surface area contributed by atoms with Gasteiger partial charge in [-0.2, -0.15) is 4.31 Å². The summed E-state index contributed by atoms with van der Waals surface area (Å²) in [5, 5.41) is 5.76. The van der Waals surface area contributed by atoms with Crippen molar-refractivity contribution in [2.75, 3.05) is 32.8 Å². The van der Waals surface area contributed by atoms with E-state index in [1.165, 1.54) is 4.31 Å². The Morgan fingerprint density at radius 1 is 0.935 bits per heavy atom. The predicted molar refractivity (Wildman–Crippen MR) is 117 cm³/mol. The average Bonchev–Trinajstić information content (AvgIpc) is 3.32. The highest BCUT2D eigenvalue weighted by Crippen LogP contribution is 2.26. The number of hydrogen-bond acceptors (Lipinski definition) is 5. The molecule has 1 aromatic carbocycles. The predicted octanol–water partition coefficient (Wildman–Crippen LogP) is 1.91. The summed E-state index contributed by atoms with van der Waals surface area (Å²) < 4.78 is 32.5. The number of sulfonamides is 1. The lowest BCUT2D eigenvalue weighted by molar-refractivity contribution is -0.127. The molecule has 2 fully saturated rings. The van der Waals surface area contributed by atoms with E-state index in [1.807, 2.05) is 6.92 Å². The first kappa shape index (κ1) is 23.5. The summed E-state index contributed by atoms with van der Waals surface area (Å²) in [4.78, 5) is 24.6. The van der Waals surface area contributed by atoms with Gasteiger partial charge in [-0.15, -0.1) is 0 Å². The van der Waals surface area contributed by atoms with E-state index in [0.29, 0.717) is 51.4 Å². The summed E-state index contributed by atoms with van der Waals surface area (Å²) >= 11 is 0. The summed E-state index contributed by atoms with van der Waals surface area (Å²) in [7, 11) is -3.58. The SMILES string of the molecule is CCOc1ccc(S(=O)(=O)N2CCC(C(=O)NCCNC(=O)C3CCCC3)CC2)cc1. The van der Waals surface area contributed by atoms with Gasteiger partial charge in [0.05, 0.1) is 11.5 Å². The van der Waals surface area contributed by atoms with Gasteiger partial charge in [-0.1, -0.05) is 12.8 Å². The summed E-state index contributed by atoms with van der Waals surface area (Å²) in [5.74, 6) is 0.554. The van der Waals surface area contributed by atoms with Crippen LogP contribution in [0.15, 0.2) is 29.2 Å². The molecule has 0 unspecified atom stereocenters. The van der Waals surface area contributed by atoms with E-state index in [4.69, 9.17) is 4.74 Å². The number of piperidine rings is 1. The van der Waals surface area contributed by atoms with Crippen molar-refractivity contribution in [1.82, 2.24) is 14.9 Å². The largest absolute Gasteiger partial charge is 0.494 e. The molecule has 1 heterocycles. The number of nitrogens with zero attached hydrogens (tertiary/aromatic N) is 1. The molecule has 2 aliphatic rings. The monoisotopic (exact) mass is 451 g/mol. The lowest BCUT2D eigenvalue weighted by Crippen LogP contribution is -2.44. The number of amides is 2. The minimum absolute atomic E-state index is 0.0757. The summed E-state index contributed by atoms with van der Waals surface area (Å²) in [6, 6.07) is 6.42. The van der Waals surface area contributed by atoms with Crippen LogP contribution in [0.25, 0.3) is 0 Å². The Morgan fingerprint density at radius 2 is 1.45 bits per heavy atom. The van der Waals surface area contributed by atoms with E-state index in [0.717, 1.165) is 25.7 Å². The Kier molecular flexibility index (Phi) is 8.31. The Labute approximate surface area is 184 Å². The van der Waals surface area contributed by atoms with Crippen LogP contribution in [0.5, 0.6) is 5.75 Å². The van der Waals surface area contributed by atoms with Crippen molar-refractivity contribution in [3.05, 3.63) is 24.3 Å². The van der Waals surface area contributed by atoms with Gasteiger partial charge in [-0.05, 0) is 56.9 Å². The van der Waals surface area contributed by atoms with Crippen LogP contribution in [0.4, 0.5) is 0 Å². The molecule has 0 aromatic heterocycles. The number of rotatable bonds is 9. The minimum atomic E-state index is -3.58. The maximum absolute atomic E-state index is 12.9. The van der Waals surface area contributed by atoms with Gasteiger partial charge in [0.2, 0.25) is 21.8 Å². The van der Waals surface area contributed by atoms with Gasteiger partial charge >= 0.3 is 0 Å². The zero-order valence-corrected chi connectivity index (χ0v) is 19.0. The molecule has 3 rings (SSSR count). The van der Waals surface area contributed by atoms with Crippen LogP contribution in [-0.4, -0.2) is 57.3 Å². The van der Waals surface area contributed by atoms with Gasteiger partial charge in [0.15, 0.2) is 0 Å². The Hall–Kier alpha value is -2.13. The quantitative estimate of drug-likeness (QED) is 0.558.